The Morgan fingerprint density at radius 1 is 0.947 bits per heavy atom. The van der Waals surface area contributed by atoms with Crippen LogP contribution in [0.4, 0.5) is 0 Å². The van der Waals surface area contributed by atoms with E-state index in [1.807, 2.05) is 36.4 Å². The number of halogens is 1. The van der Waals surface area contributed by atoms with Gasteiger partial charge in [-0.15, -0.1) is 0 Å². The molecule has 3 rings (SSSR count). The highest BCUT2D eigenvalue weighted by Crippen LogP contribution is 2.38. The number of rotatable bonds is 2. The number of aromatic hydroxyl groups is 1. The van der Waals surface area contributed by atoms with Gasteiger partial charge in [0.25, 0.3) is 0 Å². The number of pyridine rings is 1. The van der Waals surface area contributed by atoms with E-state index in [2.05, 4.69) is 4.98 Å². The molecule has 0 atom stereocenters. The van der Waals surface area contributed by atoms with Crippen LogP contribution in [0.25, 0.3) is 10.8 Å². The second-order valence-corrected chi connectivity index (χ2v) is 5.53. The van der Waals surface area contributed by atoms with E-state index in [-0.39, 0.29) is 0 Å². The van der Waals surface area contributed by atoms with Crippen LogP contribution in [0, 0.1) is 0 Å². The van der Waals surface area contributed by atoms with Crippen molar-refractivity contribution in [3.8, 4) is 5.75 Å². The predicted molar refractivity (Wildman–Crippen MR) is 79.0 cm³/mol. The van der Waals surface area contributed by atoms with Crippen molar-refractivity contribution >= 4 is 34.1 Å². The van der Waals surface area contributed by atoms with E-state index in [4.69, 9.17) is 11.6 Å². The van der Waals surface area contributed by atoms with Crippen molar-refractivity contribution in [3.05, 3.63) is 59.9 Å². The van der Waals surface area contributed by atoms with Gasteiger partial charge in [0.15, 0.2) is 0 Å². The molecule has 2 nitrogen and oxygen atoms in total. The maximum absolute atomic E-state index is 9.87. The van der Waals surface area contributed by atoms with Crippen molar-refractivity contribution in [1.82, 2.24) is 4.98 Å². The van der Waals surface area contributed by atoms with Gasteiger partial charge in [-0.05, 0) is 23.6 Å². The Kier molecular flexibility index (Phi) is 3.32. The normalized spacial score (nSPS) is 10.8. The molecule has 0 aliphatic carbocycles. The van der Waals surface area contributed by atoms with Crippen LogP contribution in [-0.4, -0.2) is 10.1 Å². The van der Waals surface area contributed by atoms with Crippen LogP contribution in [-0.2, 0) is 0 Å². The first-order valence-corrected chi connectivity index (χ1v) is 6.93. The fourth-order valence-corrected chi connectivity index (χ4v) is 3.08. The topological polar surface area (TPSA) is 33.1 Å². The summed E-state index contributed by atoms with van der Waals surface area (Å²) in [4.78, 5) is 5.99. The Morgan fingerprint density at radius 2 is 1.74 bits per heavy atom. The standard InChI is InChI=1S/C15H10ClNOS/c16-12-9-17-8-7-15(12)19-14-6-5-13(18)10-3-1-2-4-11(10)14/h1-9,18H. The number of hydrogen-bond donors (Lipinski definition) is 1. The van der Waals surface area contributed by atoms with Gasteiger partial charge in [-0.25, -0.2) is 0 Å². The van der Waals surface area contributed by atoms with Gasteiger partial charge in [0.2, 0.25) is 0 Å². The zero-order valence-corrected chi connectivity index (χ0v) is 11.4. The van der Waals surface area contributed by atoms with Crippen LogP contribution in [0.3, 0.4) is 0 Å². The first-order valence-electron chi connectivity index (χ1n) is 5.74. The molecule has 19 heavy (non-hydrogen) atoms. The number of hydrogen-bond acceptors (Lipinski definition) is 3. The van der Waals surface area contributed by atoms with E-state index in [1.54, 1.807) is 30.2 Å². The summed E-state index contributed by atoms with van der Waals surface area (Å²) in [6.45, 7) is 0. The van der Waals surface area contributed by atoms with Gasteiger partial charge in [0, 0.05) is 27.6 Å². The minimum absolute atomic E-state index is 0.292. The predicted octanol–water partition coefficient (Wildman–Crippen LogP) is 4.75. The molecule has 0 radical (unpaired) electrons. The molecule has 4 heteroatoms. The van der Waals surface area contributed by atoms with Crippen molar-refractivity contribution in [2.24, 2.45) is 0 Å². The van der Waals surface area contributed by atoms with E-state index in [9.17, 15) is 5.11 Å². The lowest BCUT2D eigenvalue weighted by Crippen LogP contribution is -1.81. The van der Waals surface area contributed by atoms with Gasteiger partial charge >= 0.3 is 0 Å². The average molecular weight is 288 g/mol. The molecule has 0 aliphatic rings. The third-order valence-corrected chi connectivity index (χ3v) is 4.38. The second kappa shape index (κ2) is 5.11. The first-order chi connectivity index (χ1) is 9.25. The van der Waals surface area contributed by atoms with E-state index >= 15 is 0 Å². The molecule has 0 aliphatic heterocycles. The highest BCUT2D eigenvalue weighted by atomic mass is 35.5. The molecule has 0 bridgehead atoms. The van der Waals surface area contributed by atoms with E-state index in [1.165, 1.54) is 0 Å². The van der Waals surface area contributed by atoms with Crippen LogP contribution in [0.5, 0.6) is 5.75 Å². The molecular formula is C15H10ClNOS. The molecule has 0 spiro atoms. The van der Waals surface area contributed by atoms with Crippen LogP contribution < -0.4 is 0 Å². The van der Waals surface area contributed by atoms with Crippen molar-refractivity contribution in [2.45, 2.75) is 9.79 Å². The second-order valence-electron chi connectivity index (χ2n) is 4.04. The molecule has 0 saturated carbocycles. The lowest BCUT2D eigenvalue weighted by atomic mass is 10.1. The molecule has 0 saturated heterocycles. The zero-order chi connectivity index (χ0) is 13.2. The van der Waals surface area contributed by atoms with Gasteiger partial charge in [-0.3, -0.25) is 4.98 Å². The lowest BCUT2D eigenvalue weighted by molar-refractivity contribution is 0.481. The fourth-order valence-electron chi connectivity index (χ4n) is 1.91. The Bertz CT molecular complexity index is 745. The fraction of sp³-hybridized carbons (Fsp3) is 0. The highest BCUT2D eigenvalue weighted by Gasteiger charge is 2.08. The third-order valence-electron chi connectivity index (χ3n) is 2.82. The lowest BCUT2D eigenvalue weighted by Gasteiger charge is -2.08. The Hall–Kier alpha value is -1.71. The van der Waals surface area contributed by atoms with Gasteiger partial charge in [-0.1, -0.05) is 47.6 Å². The summed E-state index contributed by atoms with van der Waals surface area (Å²) in [5, 5.41) is 12.4. The van der Waals surface area contributed by atoms with Crippen molar-refractivity contribution in [2.75, 3.05) is 0 Å². The number of fused-ring (bicyclic) bond motifs is 1. The van der Waals surface area contributed by atoms with Crippen molar-refractivity contribution < 1.29 is 5.11 Å². The largest absolute Gasteiger partial charge is 0.507 e. The summed E-state index contributed by atoms with van der Waals surface area (Å²) in [5.41, 5.74) is 0. The molecule has 1 aromatic heterocycles. The summed E-state index contributed by atoms with van der Waals surface area (Å²) < 4.78 is 0. The van der Waals surface area contributed by atoms with Gasteiger partial charge in [0.05, 0.1) is 5.02 Å². The Balaban J connectivity index is 2.12. The van der Waals surface area contributed by atoms with E-state index in [0.717, 1.165) is 20.6 Å². The summed E-state index contributed by atoms with van der Waals surface area (Å²) >= 11 is 7.69. The van der Waals surface area contributed by atoms with Crippen LogP contribution in [0.1, 0.15) is 0 Å². The van der Waals surface area contributed by atoms with E-state index in [0.29, 0.717) is 10.8 Å². The van der Waals surface area contributed by atoms with Gasteiger partial charge < -0.3 is 5.11 Å². The molecule has 0 amide bonds. The molecule has 1 N–H and O–H groups in total. The Labute approximate surface area is 120 Å². The van der Waals surface area contributed by atoms with Crippen LogP contribution in [0.15, 0.2) is 64.6 Å². The minimum Gasteiger partial charge on any atom is -0.507 e. The monoisotopic (exact) mass is 287 g/mol. The molecule has 3 aromatic rings. The number of aromatic nitrogens is 1. The number of nitrogens with zero attached hydrogens (tertiary/aromatic N) is 1. The number of phenolic OH excluding ortho intramolecular Hbond substituents is 1. The summed E-state index contributed by atoms with van der Waals surface area (Å²) in [7, 11) is 0. The summed E-state index contributed by atoms with van der Waals surface area (Å²) in [6, 6.07) is 13.3. The number of phenols is 1. The van der Waals surface area contributed by atoms with Crippen LogP contribution >= 0.6 is 23.4 Å². The number of benzene rings is 2. The smallest absolute Gasteiger partial charge is 0.123 e. The molecule has 0 fully saturated rings. The summed E-state index contributed by atoms with van der Waals surface area (Å²) in [5.74, 6) is 0.292. The maximum Gasteiger partial charge on any atom is 0.123 e. The summed E-state index contributed by atoms with van der Waals surface area (Å²) in [6.07, 6.45) is 3.35. The minimum atomic E-state index is 0.292. The molecular weight excluding hydrogens is 278 g/mol. The quantitative estimate of drug-likeness (QED) is 0.739. The molecule has 94 valence electrons. The van der Waals surface area contributed by atoms with Crippen LogP contribution in [0.2, 0.25) is 5.02 Å². The van der Waals surface area contributed by atoms with Crippen molar-refractivity contribution in [1.29, 1.82) is 0 Å². The average Bonchev–Trinajstić information content (AvgIpc) is 2.44. The van der Waals surface area contributed by atoms with Gasteiger partial charge in [0.1, 0.15) is 5.75 Å². The first kappa shape index (κ1) is 12.3. The third kappa shape index (κ3) is 2.39. The maximum atomic E-state index is 9.87. The van der Waals surface area contributed by atoms with Crippen molar-refractivity contribution in [3.63, 3.8) is 0 Å². The molecule has 0 unspecified atom stereocenters. The molecule has 1 heterocycles. The Morgan fingerprint density at radius 3 is 2.53 bits per heavy atom. The van der Waals surface area contributed by atoms with E-state index < -0.39 is 0 Å². The zero-order valence-electron chi connectivity index (χ0n) is 9.88. The van der Waals surface area contributed by atoms with Gasteiger partial charge in [-0.2, -0.15) is 0 Å². The molecule has 2 aromatic carbocycles. The highest BCUT2D eigenvalue weighted by molar-refractivity contribution is 7.99. The SMILES string of the molecule is Oc1ccc(Sc2ccncc2Cl)c2ccccc12.